The van der Waals surface area contributed by atoms with Gasteiger partial charge in [-0.2, -0.15) is 0 Å². The van der Waals surface area contributed by atoms with E-state index >= 15 is 0 Å². The molecule has 3 aromatic heterocycles. The van der Waals surface area contributed by atoms with Gasteiger partial charge in [0.05, 0.1) is 5.69 Å². The molecule has 6 rings (SSSR count). The Morgan fingerprint density at radius 1 is 1.18 bits per heavy atom. The molecule has 4 aromatic rings. The highest BCUT2D eigenvalue weighted by molar-refractivity contribution is 7.99. The van der Waals surface area contributed by atoms with Crippen LogP contribution in [-0.2, 0) is 12.5 Å². The van der Waals surface area contributed by atoms with Gasteiger partial charge in [-0.1, -0.05) is 41.2 Å². The second-order valence-electron chi connectivity index (χ2n) is 9.53. The van der Waals surface area contributed by atoms with Gasteiger partial charge in [-0.25, -0.2) is 4.98 Å². The quantitative estimate of drug-likeness (QED) is 0.271. The number of oxazole rings is 1. The fourth-order valence-corrected chi connectivity index (χ4v) is 6.12. The summed E-state index contributed by atoms with van der Waals surface area (Å²) in [6.45, 7) is 7.32. The molecule has 0 bridgehead atoms. The first kappa shape index (κ1) is 21.6. The first-order valence-electron chi connectivity index (χ1n) is 11.7. The minimum absolute atomic E-state index is 0.346. The van der Waals surface area contributed by atoms with E-state index in [0.29, 0.717) is 11.2 Å². The summed E-state index contributed by atoms with van der Waals surface area (Å²) >= 11 is 1.75. The number of thioether (sulfide) groups is 1. The Bertz CT molecular complexity index is 1310. The molecule has 2 aliphatic rings. The van der Waals surface area contributed by atoms with Crippen LogP contribution in [0.25, 0.3) is 22.8 Å². The van der Waals surface area contributed by atoms with Crippen molar-refractivity contribution in [2.75, 3.05) is 25.4 Å². The highest BCUT2D eigenvalue weighted by Gasteiger charge is 2.60. The van der Waals surface area contributed by atoms with E-state index in [1.165, 1.54) is 24.9 Å². The van der Waals surface area contributed by atoms with Crippen LogP contribution in [-0.4, -0.2) is 55.2 Å². The van der Waals surface area contributed by atoms with Crippen molar-refractivity contribution in [1.29, 1.82) is 0 Å². The molecule has 1 aromatic carbocycles. The molecule has 0 N–H and O–H groups in total. The molecule has 1 aliphatic heterocycles. The lowest BCUT2D eigenvalue weighted by Crippen LogP contribution is -2.27. The third kappa shape index (κ3) is 3.76. The van der Waals surface area contributed by atoms with E-state index in [-0.39, 0.29) is 0 Å². The zero-order chi connectivity index (χ0) is 23.3. The molecule has 1 saturated heterocycles. The van der Waals surface area contributed by atoms with E-state index in [2.05, 4.69) is 49.5 Å². The van der Waals surface area contributed by atoms with Gasteiger partial charge in [0.15, 0.2) is 17.3 Å². The van der Waals surface area contributed by atoms with Crippen LogP contribution < -0.4 is 0 Å². The van der Waals surface area contributed by atoms with E-state index in [9.17, 15) is 0 Å². The van der Waals surface area contributed by atoms with Crippen LogP contribution in [0.15, 0.2) is 50.8 Å². The molecule has 2 atom stereocenters. The summed E-state index contributed by atoms with van der Waals surface area (Å²) in [6.07, 6.45) is 3.89. The van der Waals surface area contributed by atoms with Gasteiger partial charge in [-0.15, -0.1) is 10.2 Å². The maximum atomic E-state index is 5.47. The average molecular weight is 477 g/mol. The minimum Gasteiger partial charge on any atom is -0.440 e. The van der Waals surface area contributed by atoms with E-state index in [0.717, 1.165) is 64.9 Å². The van der Waals surface area contributed by atoms with E-state index in [1.807, 2.05) is 31.5 Å². The smallest absolute Gasteiger partial charge is 0.202 e. The number of fused-ring (bicyclic) bond motifs is 1. The van der Waals surface area contributed by atoms with Gasteiger partial charge in [0.25, 0.3) is 0 Å². The first-order chi connectivity index (χ1) is 16.5. The normalized spacial score (nSPS) is 21.8. The van der Waals surface area contributed by atoms with Crippen molar-refractivity contribution >= 4 is 11.8 Å². The maximum absolute atomic E-state index is 5.47. The predicted molar refractivity (Wildman–Crippen MR) is 129 cm³/mol. The molecule has 0 spiro atoms. The van der Waals surface area contributed by atoms with Gasteiger partial charge in [-0.3, -0.25) is 0 Å². The Balaban J connectivity index is 1.02. The number of nitrogens with zero attached hydrogens (tertiary/aromatic N) is 6. The predicted octanol–water partition coefficient (Wildman–Crippen LogP) is 4.50. The SMILES string of the molecule is Cc1cc(-c2ccc(C34CC3CN(CCCSc3nnc(-c5ocnc5C)n3C)C4)cc2)no1. The topological polar surface area (TPSA) is 86.0 Å². The zero-order valence-electron chi connectivity index (χ0n) is 19.7. The van der Waals surface area contributed by atoms with Crippen LogP contribution >= 0.6 is 11.8 Å². The fourth-order valence-electron chi connectivity index (χ4n) is 5.29. The lowest BCUT2D eigenvalue weighted by Gasteiger charge is -2.21. The van der Waals surface area contributed by atoms with Gasteiger partial charge >= 0.3 is 0 Å². The highest BCUT2D eigenvalue weighted by atomic mass is 32.2. The molecule has 2 fully saturated rings. The molecule has 2 unspecified atom stereocenters. The van der Waals surface area contributed by atoms with Crippen LogP contribution in [0.5, 0.6) is 0 Å². The van der Waals surface area contributed by atoms with Crippen LogP contribution in [0.1, 0.15) is 29.9 Å². The van der Waals surface area contributed by atoms with Crippen LogP contribution in [0.4, 0.5) is 0 Å². The summed E-state index contributed by atoms with van der Waals surface area (Å²) in [6, 6.07) is 10.9. The number of rotatable bonds is 8. The summed E-state index contributed by atoms with van der Waals surface area (Å²) in [4.78, 5) is 6.78. The van der Waals surface area contributed by atoms with Crippen molar-refractivity contribution < 1.29 is 8.94 Å². The van der Waals surface area contributed by atoms with Crippen molar-refractivity contribution in [3.05, 3.63) is 53.7 Å². The Morgan fingerprint density at radius 2 is 2.03 bits per heavy atom. The Labute approximate surface area is 202 Å². The molecule has 1 aliphatic carbocycles. The van der Waals surface area contributed by atoms with Crippen LogP contribution in [0.2, 0.25) is 0 Å². The standard InChI is InChI=1S/C25H28N6O2S/c1-16-11-21(29-33-16)18-5-7-19(8-6-18)25-12-20(25)13-31(14-25)9-4-10-34-24-28-27-23(30(24)3)22-17(2)26-15-32-22/h5-8,11,15,20H,4,9-10,12-14H2,1-3H3. The largest absolute Gasteiger partial charge is 0.440 e. The number of hydrogen-bond donors (Lipinski definition) is 0. The van der Waals surface area contributed by atoms with Gasteiger partial charge in [0.2, 0.25) is 5.82 Å². The summed E-state index contributed by atoms with van der Waals surface area (Å²) < 4.78 is 12.7. The second-order valence-corrected chi connectivity index (χ2v) is 10.6. The molecule has 34 heavy (non-hydrogen) atoms. The molecule has 176 valence electrons. The molecule has 9 heteroatoms. The molecule has 8 nitrogen and oxygen atoms in total. The molecular formula is C25H28N6O2S. The molecule has 1 saturated carbocycles. The highest BCUT2D eigenvalue weighted by Crippen LogP contribution is 2.59. The van der Waals surface area contributed by atoms with Crippen molar-refractivity contribution in [3.63, 3.8) is 0 Å². The number of aryl methyl sites for hydroxylation is 2. The number of likely N-dealkylation sites (tertiary alicyclic amines) is 1. The van der Waals surface area contributed by atoms with E-state index < -0.39 is 0 Å². The summed E-state index contributed by atoms with van der Waals surface area (Å²) in [5.74, 6) is 4.05. The van der Waals surface area contributed by atoms with Crippen molar-refractivity contribution in [3.8, 4) is 22.8 Å². The maximum Gasteiger partial charge on any atom is 0.202 e. The Morgan fingerprint density at radius 3 is 2.76 bits per heavy atom. The number of hydrogen-bond acceptors (Lipinski definition) is 8. The van der Waals surface area contributed by atoms with Crippen molar-refractivity contribution in [2.24, 2.45) is 13.0 Å². The zero-order valence-corrected chi connectivity index (χ0v) is 20.5. The summed E-state index contributed by atoms with van der Waals surface area (Å²) in [5, 5.41) is 13.7. The third-order valence-electron chi connectivity index (χ3n) is 7.23. The number of aromatic nitrogens is 5. The Kier molecular flexibility index (Phi) is 5.33. The second kappa shape index (κ2) is 8.39. The van der Waals surface area contributed by atoms with Crippen LogP contribution in [0.3, 0.4) is 0 Å². The number of benzene rings is 1. The van der Waals surface area contributed by atoms with Gasteiger partial charge in [0.1, 0.15) is 11.5 Å². The van der Waals surface area contributed by atoms with Crippen molar-refractivity contribution in [1.82, 2.24) is 29.8 Å². The monoisotopic (exact) mass is 476 g/mol. The molecule has 4 heterocycles. The minimum atomic E-state index is 0.346. The van der Waals surface area contributed by atoms with Crippen LogP contribution in [0, 0.1) is 19.8 Å². The molecule has 0 amide bonds. The average Bonchev–Trinajstić information content (AvgIpc) is 3.31. The van der Waals surface area contributed by atoms with Gasteiger partial charge in [-0.05, 0) is 44.7 Å². The Hall–Kier alpha value is -2.91. The lowest BCUT2D eigenvalue weighted by atomic mass is 9.93. The summed E-state index contributed by atoms with van der Waals surface area (Å²) in [5.41, 5.74) is 4.67. The summed E-state index contributed by atoms with van der Waals surface area (Å²) in [7, 11) is 1.98. The number of piperidine rings is 1. The lowest BCUT2D eigenvalue weighted by molar-refractivity contribution is 0.299. The molecule has 0 radical (unpaired) electrons. The third-order valence-corrected chi connectivity index (χ3v) is 8.34. The van der Waals surface area contributed by atoms with E-state index in [4.69, 9.17) is 8.94 Å². The van der Waals surface area contributed by atoms with Crippen molar-refractivity contribution in [2.45, 2.75) is 37.3 Å². The van der Waals surface area contributed by atoms with Gasteiger partial charge in [0, 0.05) is 42.9 Å². The van der Waals surface area contributed by atoms with Gasteiger partial charge < -0.3 is 18.4 Å². The fraction of sp³-hybridized carbons (Fsp3) is 0.440. The molecular weight excluding hydrogens is 448 g/mol. The van der Waals surface area contributed by atoms with E-state index in [1.54, 1.807) is 11.8 Å². The first-order valence-corrected chi connectivity index (χ1v) is 12.7.